The van der Waals surface area contributed by atoms with Crippen molar-refractivity contribution in [1.82, 2.24) is 19.4 Å². The van der Waals surface area contributed by atoms with Gasteiger partial charge in [-0.25, -0.2) is 9.18 Å². The van der Waals surface area contributed by atoms with E-state index in [9.17, 15) is 9.59 Å². The summed E-state index contributed by atoms with van der Waals surface area (Å²) in [4.78, 5) is 39.4. The zero-order valence-corrected chi connectivity index (χ0v) is 27.0. The lowest BCUT2D eigenvalue weighted by molar-refractivity contribution is -0.126. The normalized spacial score (nSPS) is 16.2. The first-order chi connectivity index (χ1) is 20.5. The first-order valence-electron chi connectivity index (χ1n) is 14.3. The number of halogens is 1. The molecule has 0 saturated carbocycles. The van der Waals surface area contributed by atoms with Gasteiger partial charge in [-0.2, -0.15) is 4.98 Å². The number of hydrogen-bond acceptors (Lipinski definition) is 6. The van der Waals surface area contributed by atoms with Gasteiger partial charge in [-0.15, -0.1) is 18.5 Å². The van der Waals surface area contributed by atoms with Crippen LogP contribution in [0.25, 0.3) is 27.7 Å². The average molecular weight is 618 g/mol. The number of benzene rings is 2. The van der Waals surface area contributed by atoms with Gasteiger partial charge < -0.3 is 14.5 Å². The molecule has 1 saturated heterocycles. The zero-order valence-electron chi connectivity index (χ0n) is 24.6. The minimum absolute atomic E-state index is 0.0323. The molecule has 43 heavy (non-hydrogen) atoms. The van der Waals surface area contributed by atoms with Gasteiger partial charge in [0.25, 0.3) is 0 Å². The van der Waals surface area contributed by atoms with Crippen molar-refractivity contribution in [1.29, 1.82) is 0 Å². The molecule has 0 bridgehead atoms. The van der Waals surface area contributed by atoms with Crippen molar-refractivity contribution in [2.75, 3.05) is 24.5 Å². The Morgan fingerprint density at radius 3 is 2.67 bits per heavy atom. The summed E-state index contributed by atoms with van der Waals surface area (Å²) in [6, 6.07) is 7.35. The van der Waals surface area contributed by atoms with Gasteiger partial charge >= 0.3 is 5.69 Å². The zero-order chi connectivity index (χ0) is 30.7. The smallest absolute Gasteiger partial charge is 0.354 e. The SMILES string of the molecule is C=CC(=O)N1CCN(c2nc(=O)n(-c3c(C)ccnc3C(C)C)c3c(F)c4c(cc23)OCc2ccc(P)c(P)c2-4)[C@@H](C)C1. The van der Waals surface area contributed by atoms with Crippen LogP contribution in [0.15, 0.2) is 47.9 Å². The van der Waals surface area contributed by atoms with E-state index in [1.165, 1.54) is 10.6 Å². The van der Waals surface area contributed by atoms with Gasteiger partial charge in [0.1, 0.15) is 18.2 Å². The van der Waals surface area contributed by atoms with E-state index >= 15 is 4.39 Å². The molecular weight excluding hydrogens is 583 g/mol. The predicted octanol–water partition coefficient (Wildman–Crippen LogP) is 4.13. The van der Waals surface area contributed by atoms with Gasteiger partial charge in [-0.1, -0.05) is 32.6 Å². The lowest BCUT2D eigenvalue weighted by Gasteiger charge is -2.40. The molecule has 2 unspecified atom stereocenters. The molecule has 1 fully saturated rings. The fourth-order valence-corrected chi connectivity index (χ4v) is 6.88. The standard InChI is InChI=1S/C32H34FN5O3P2/c1-6-23(39)36-11-12-37(18(5)14-36)31-20-13-21-25(24-19(15-41-21)7-8-22(42)30(24)43)26(33)29(20)38(32(40)35-31)28-17(4)9-10-34-27(28)16(2)3/h6-10,13,16,18H,1,11-12,14-15,42-43H2,2-5H3/t18-/m0/s1. The van der Waals surface area contributed by atoms with E-state index in [2.05, 4.69) is 35.0 Å². The van der Waals surface area contributed by atoms with Crippen LogP contribution in [0, 0.1) is 12.7 Å². The van der Waals surface area contributed by atoms with Crippen molar-refractivity contribution in [2.24, 2.45) is 0 Å². The summed E-state index contributed by atoms with van der Waals surface area (Å²) in [5, 5.41) is 2.24. The Kier molecular flexibility index (Phi) is 7.60. The van der Waals surface area contributed by atoms with E-state index in [-0.39, 0.29) is 23.4 Å². The highest BCUT2D eigenvalue weighted by atomic mass is 31.0. The van der Waals surface area contributed by atoms with Crippen LogP contribution >= 0.6 is 18.5 Å². The van der Waals surface area contributed by atoms with Crippen molar-refractivity contribution in [3.05, 3.63) is 76.2 Å². The Hall–Kier alpha value is -3.67. The van der Waals surface area contributed by atoms with Crippen LogP contribution in [-0.2, 0) is 11.4 Å². The molecule has 2 aliphatic rings. The highest BCUT2D eigenvalue weighted by Crippen LogP contribution is 2.44. The topological polar surface area (TPSA) is 80.6 Å². The minimum atomic E-state index is -0.598. The summed E-state index contributed by atoms with van der Waals surface area (Å²) >= 11 is 0. The second-order valence-electron chi connectivity index (χ2n) is 11.5. The minimum Gasteiger partial charge on any atom is -0.488 e. The number of carbonyl (C=O) groups is 1. The molecule has 3 atom stereocenters. The molecule has 0 aliphatic carbocycles. The van der Waals surface area contributed by atoms with Crippen LogP contribution < -0.4 is 25.9 Å². The third-order valence-corrected chi connectivity index (χ3v) is 9.83. The maximum absolute atomic E-state index is 17.4. The molecule has 0 spiro atoms. The average Bonchev–Trinajstić information content (AvgIpc) is 2.98. The number of carbonyl (C=O) groups excluding carboxylic acids is 1. The van der Waals surface area contributed by atoms with Crippen LogP contribution in [-0.4, -0.2) is 51.0 Å². The number of ether oxygens (including phenoxy) is 1. The fraction of sp³-hybridized carbons (Fsp3) is 0.312. The second-order valence-corrected chi connectivity index (χ2v) is 12.7. The molecule has 2 aliphatic heterocycles. The quantitative estimate of drug-likeness (QED) is 0.253. The number of fused-ring (bicyclic) bond motifs is 4. The summed E-state index contributed by atoms with van der Waals surface area (Å²) in [6.45, 7) is 13.0. The highest BCUT2D eigenvalue weighted by Gasteiger charge is 2.33. The van der Waals surface area contributed by atoms with Crippen molar-refractivity contribution in [2.45, 2.75) is 46.3 Å². The molecule has 0 radical (unpaired) electrons. The van der Waals surface area contributed by atoms with E-state index in [1.807, 2.05) is 56.9 Å². The summed E-state index contributed by atoms with van der Waals surface area (Å²) in [5.41, 5.74) is 3.44. The molecule has 6 rings (SSSR count). The number of pyridine rings is 1. The lowest BCUT2D eigenvalue weighted by atomic mass is 9.94. The van der Waals surface area contributed by atoms with Gasteiger partial charge in [0.05, 0.1) is 22.5 Å². The van der Waals surface area contributed by atoms with Crippen LogP contribution in [0.1, 0.15) is 43.5 Å². The maximum Gasteiger partial charge on any atom is 0.354 e. The van der Waals surface area contributed by atoms with Gasteiger partial charge in [-0.05, 0) is 59.7 Å². The molecule has 2 aromatic heterocycles. The number of nitrogens with zero attached hydrogens (tertiary/aromatic N) is 5. The van der Waals surface area contributed by atoms with E-state index < -0.39 is 11.5 Å². The molecule has 1 amide bonds. The van der Waals surface area contributed by atoms with Crippen molar-refractivity contribution < 1.29 is 13.9 Å². The predicted molar refractivity (Wildman–Crippen MR) is 176 cm³/mol. The summed E-state index contributed by atoms with van der Waals surface area (Å²) in [6.07, 6.45) is 3.01. The van der Waals surface area contributed by atoms with Crippen molar-refractivity contribution in [3.8, 4) is 22.6 Å². The van der Waals surface area contributed by atoms with Crippen LogP contribution in [0.2, 0.25) is 0 Å². The summed E-state index contributed by atoms with van der Waals surface area (Å²) in [7, 11) is 5.43. The van der Waals surface area contributed by atoms with E-state index in [0.717, 1.165) is 27.3 Å². The number of aromatic nitrogens is 3. The van der Waals surface area contributed by atoms with Crippen LogP contribution in [0.4, 0.5) is 10.2 Å². The molecule has 222 valence electrons. The lowest BCUT2D eigenvalue weighted by Crippen LogP contribution is -2.54. The Morgan fingerprint density at radius 2 is 1.98 bits per heavy atom. The Balaban J connectivity index is 1.70. The maximum atomic E-state index is 17.4. The molecule has 11 heteroatoms. The molecule has 4 aromatic rings. The number of amides is 1. The monoisotopic (exact) mass is 617 g/mol. The summed E-state index contributed by atoms with van der Waals surface area (Å²) < 4.78 is 24.9. The van der Waals surface area contributed by atoms with Gasteiger partial charge in [0.15, 0.2) is 5.82 Å². The number of piperazine rings is 1. The number of anilines is 1. The van der Waals surface area contributed by atoms with Crippen LogP contribution in [0.5, 0.6) is 5.75 Å². The van der Waals surface area contributed by atoms with Crippen molar-refractivity contribution >= 4 is 51.7 Å². The molecule has 2 aromatic carbocycles. The largest absolute Gasteiger partial charge is 0.488 e. The molecule has 0 N–H and O–H groups in total. The molecule has 4 heterocycles. The Labute approximate surface area is 254 Å². The van der Waals surface area contributed by atoms with Crippen molar-refractivity contribution in [3.63, 3.8) is 0 Å². The number of rotatable bonds is 4. The van der Waals surface area contributed by atoms with Crippen LogP contribution in [0.3, 0.4) is 0 Å². The number of aryl methyl sites for hydroxylation is 1. The number of hydrogen-bond donors (Lipinski definition) is 0. The Morgan fingerprint density at radius 1 is 1.21 bits per heavy atom. The first-order valence-corrected chi connectivity index (χ1v) is 15.4. The Bertz CT molecular complexity index is 1890. The third kappa shape index (κ3) is 4.74. The summed E-state index contributed by atoms with van der Waals surface area (Å²) in [5.74, 6) is 0.0193. The van der Waals surface area contributed by atoms with E-state index in [4.69, 9.17) is 4.74 Å². The third-order valence-electron chi connectivity index (χ3n) is 8.37. The first kappa shape index (κ1) is 29.4. The molecular formula is C32H34FN5O3P2. The van der Waals surface area contributed by atoms with Gasteiger partial charge in [-0.3, -0.25) is 14.3 Å². The van der Waals surface area contributed by atoms with Gasteiger partial charge in [0.2, 0.25) is 5.91 Å². The fourth-order valence-electron chi connectivity index (χ4n) is 6.21. The highest BCUT2D eigenvalue weighted by molar-refractivity contribution is 7.36. The van der Waals surface area contributed by atoms with E-state index in [0.29, 0.717) is 60.1 Å². The van der Waals surface area contributed by atoms with Gasteiger partial charge in [0, 0.05) is 42.8 Å². The second kappa shape index (κ2) is 11.1. The van der Waals surface area contributed by atoms with E-state index in [1.54, 1.807) is 11.1 Å². The molecule has 8 nitrogen and oxygen atoms in total.